The molecule has 0 saturated carbocycles. The van der Waals surface area contributed by atoms with Crippen molar-refractivity contribution in [3.8, 4) is 0 Å². The van der Waals surface area contributed by atoms with E-state index >= 15 is 0 Å². The zero-order chi connectivity index (χ0) is 15.5. The molecular formula is C15H21NO4. The van der Waals surface area contributed by atoms with Gasteiger partial charge in [-0.25, -0.2) is 0 Å². The highest BCUT2D eigenvalue weighted by molar-refractivity contribution is 5.95. The van der Waals surface area contributed by atoms with Gasteiger partial charge in [0.1, 0.15) is 5.60 Å². The summed E-state index contributed by atoms with van der Waals surface area (Å²) in [6.07, 6.45) is 0. The maximum atomic E-state index is 12.0. The van der Waals surface area contributed by atoms with Crippen LogP contribution in [0.4, 0.5) is 0 Å². The van der Waals surface area contributed by atoms with Crippen molar-refractivity contribution >= 4 is 11.9 Å². The Morgan fingerprint density at radius 1 is 1.20 bits per heavy atom. The number of aliphatic carboxylic acids is 1. The molecule has 0 aliphatic carbocycles. The summed E-state index contributed by atoms with van der Waals surface area (Å²) < 4.78 is 5.13. The molecule has 0 aliphatic rings. The fourth-order valence-electron chi connectivity index (χ4n) is 1.75. The topological polar surface area (TPSA) is 89.6 Å². The lowest BCUT2D eigenvalue weighted by molar-refractivity contribution is -0.167. The molecule has 20 heavy (non-hydrogen) atoms. The highest BCUT2D eigenvalue weighted by atomic mass is 16.6. The van der Waals surface area contributed by atoms with Crippen LogP contribution in [0.3, 0.4) is 0 Å². The predicted octanol–water partition coefficient (Wildman–Crippen LogP) is 2.04. The molecule has 0 aromatic heterocycles. The molecule has 5 heteroatoms. The third-order valence-electron chi connectivity index (χ3n) is 2.75. The van der Waals surface area contributed by atoms with E-state index in [0.29, 0.717) is 5.56 Å². The van der Waals surface area contributed by atoms with Crippen LogP contribution >= 0.6 is 0 Å². The molecule has 2 atom stereocenters. The lowest BCUT2D eigenvalue weighted by Gasteiger charge is -2.25. The van der Waals surface area contributed by atoms with Gasteiger partial charge in [0.05, 0.1) is 6.04 Å². The molecule has 0 bridgehead atoms. The first-order chi connectivity index (χ1) is 9.11. The van der Waals surface area contributed by atoms with E-state index in [0.717, 1.165) is 5.56 Å². The van der Waals surface area contributed by atoms with Gasteiger partial charge in [-0.1, -0.05) is 29.8 Å². The first-order valence-electron chi connectivity index (χ1n) is 6.39. The summed E-state index contributed by atoms with van der Waals surface area (Å²) in [7, 11) is 0. The Labute approximate surface area is 118 Å². The second-order valence-corrected chi connectivity index (χ2v) is 5.79. The summed E-state index contributed by atoms with van der Waals surface area (Å²) >= 11 is 0. The molecule has 2 unspecified atom stereocenters. The van der Waals surface area contributed by atoms with E-state index in [-0.39, 0.29) is 0 Å². The molecule has 0 aliphatic heterocycles. The van der Waals surface area contributed by atoms with Crippen molar-refractivity contribution in [2.75, 3.05) is 0 Å². The van der Waals surface area contributed by atoms with Crippen molar-refractivity contribution < 1.29 is 19.4 Å². The summed E-state index contributed by atoms with van der Waals surface area (Å²) in [6, 6.07) is 6.15. The number of aryl methyl sites for hydroxylation is 1. The Morgan fingerprint density at radius 2 is 1.70 bits per heavy atom. The second-order valence-electron chi connectivity index (χ2n) is 5.79. The quantitative estimate of drug-likeness (QED) is 0.650. The smallest absolute Gasteiger partial charge is 0.322 e. The van der Waals surface area contributed by atoms with Gasteiger partial charge in [-0.3, -0.25) is 9.59 Å². The van der Waals surface area contributed by atoms with Gasteiger partial charge in [0.2, 0.25) is 0 Å². The van der Waals surface area contributed by atoms with Crippen LogP contribution in [0.25, 0.3) is 0 Å². The van der Waals surface area contributed by atoms with E-state index in [9.17, 15) is 14.7 Å². The van der Waals surface area contributed by atoms with Gasteiger partial charge in [0.15, 0.2) is 5.92 Å². The summed E-state index contributed by atoms with van der Waals surface area (Å²) in [5.74, 6) is -3.53. The predicted molar refractivity (Wildman–Crippen MR) is 75.1 cm³/mol. The van der Waals surface area contributed by atoms with Crippen molar-refractivity contribution in [1.29, 1.82) is 0 Å². The minimum Gasteiger partial charge on any atom is -0.481 e. The molecule has 1 aromatic rings. The highest BCUT2D eigenvalue weighted by Crippen LogP contribution is 2.23. The normalized spacial score (nSPS) is 14.4. The van der Waals surface area contributed by atoms with Gasteiger partial charge in [0.25, 0.3) is 0 Å². The molecule has 0 saturated heterocycles. The fourth-order valence-corrected chi connectivity index (χ4v) is 1.75. The van der Waals surface area contributed by atoms with Crippen LogP contribution in [0, 0.1) is 12.8 Å². The molecule has 0 amide bonds. The lowest BCUT2D eigenvalue weighted by Crippen LogP contribution is -2.39. The van der Waals surface area contributed by atoms with Crippen LogP contribution in [0.5, 0.6) is 0 Å². The van der Waals surface area contributed by atoms with Gasteiger partial charge < -0.3 is 15.6 Å². The molecule has 110 valence electrons. The number of benzene rings is 1. The van der Waals surface area contributed by atoms with Crippen LogP contribution in [0.15, 0.2) is 24.3 Å². The van der Waals surface area contributed by atoms with Crippen LogP contribution in [-0.2, 0) is 14.3 Å². The van der Waals surface area contributed by atoms with Crippen molar-refractivity contribution in [2.24, 2.45) is 11.7 Å². The SMILES string of the molecule is Cc1ccc(C(N)C(C(=O)O)C(=O)OC(C)(C)C)cc1. The third-order valence-corrected chi connectivity index (χ3v) is 2.75. The summed E-state index contributed by atoms with van der Waals surface area (Å²) in [6.45, 7) is 6.96. The maximum absolute atomic E-state index is 12.0. The molecule has 0 spiro atoms. The zero-order valence-electron chi connectivity index (χ0n) is 12.2. The molecule has 0 heterocycles. The monoisotopic (exact) mass is 279 g/mol. The lowest BCUT2D eigenvalue weighted by atomic mass is 9.93. The number of hydrogen-bond donors (Lipinski definition) is 2. The number of hydrogen-bond acceptors (Lipinski definition) is 4. The molecule has 0 radical (unpaired) electrons. The number of carbonyl (C=O) groups is 2. The standard InChI is InChI=1S/C15H21NO4/c1-9-5-7-10(8-6-9)12(16)11(13(17)18)14(19)20-15(2,3)4/h5-8,11-12H,16H2,1-4H3,(H,17,18). The van der Waals surface area contributed by atoms with E-state index in [2.05, 4.69) is 0 Å². The summed E-state index contributed by atoms with van der Waals surface area (Å²) in [5, 5.41) is 9.25. The molecule has 0 fully saturated rings. The van der Waals surface area contributed by atoms with Crippen LogP contribution in [0.2, 0.25) is 0 Å². The fraction of sp³-hybridized carbons (Fsp3) is 0.467. The number of carboxylic acid groups (broad SMARTS) is 1. The minimum absolute atomic E-state index is 0.592. The Kier molecular flexibility index (Phi) is 4.89. The number of rotatable bonds is 4. The molecule has 1 rings (SSSR count). The molecule has 1 aromatic carbocycles. The third kappa shape index (κ3) is 4.35. The van der Waals surface area contributed by atoms with Crippen molar-refractivity contribution in [3.05, 3.63) is 35.4 Å². The zero-order valence-corrected chi connectivity index (χ0v) is 12.2. The maximum Gasteiger partial charge on any atom is 0.322 e. The first-order valence-corrected chi connectivity index (χ1v) is 6.39. The van der Waals surface area contributed by atoms with Gasteiger partial charge in [-0.05, 0) is 33.3 Å². The van der Waals surface area contributed by atoms with E-state index < -0.39 is 29.5 Å². The average molecular weight is 279 g/mol. The number of ether oxygens (including phenoxy) is 1. The summed E-state index contributed by atoms with van der Waals surface area (Å²) in [5.41, 5.74) is 6.80. The Balaban J connectivity index is 2.99. The van der Waals surface area contributed by atoms with Gasteiger partial charge in [-0.15, -0.1) is 0 Å². The minimum atomic E-state index is -1.42. The van der Waals surface area contributed by atoms with E-state index in [1.165, 1.54) is 0 Å². The van der Waals surface area contributed by atoms with Crippen LogP contribution < -0.4 is 5.73 Å². The van der Waals surface area contributed by atoms with Crippen LogP contribution in [-0.4, -0.2) is 22.6 Å². The van der Waals surface area contributed by atoms with E-state index in [4.69, 9.17) is 10.5 Å². The number of nitrogens with two attached hydrogens (primary N) is 1. The van der Waals surface area contributed by atoms with Crippen molar-refractivity contribution in [3.63, 3.8) is 0 Å². The Morgan fingerprint density at radius 3 is 2.10 bits per heavy atom. The number of carbonyl (C=O) groups excluding carboxylic acids is 1. The van der Waals surface area contributed by atoms with Gasteiger partial charge >= 0.3 is 11.9 Å². The first kappa shape index (κ1) is 16.2. The second kappa shape index (κ2) is 6.05. The number of esters is 1. The molecule has 5 nitrogen and oxygen atoms in total. The Hall–Kier alpha value is -1.88. The van der Waals surface area contributed by atoms with Gasteiger partial charge in [0, 0.05) is 0 Å². The molecular weight excluding hydrogens is 258 g/mol. The van der Waals surface area contributed by atoms with Crippen molar-refractivity contribution in [2.45, 2.75) is 39.3 Å². The molecule has 3 N–H and O–H groups in total. The van der Waals surface area contributed by atoms with Crippen LogP contribution in [0.1, 0.15) is 37.9 Å². The van der Waals surface area contributed by atoms with Gasteiger partial charge in [-0.2, -0.15) is 0 Å². The summed E-state index contributed by atoms with van der Waals surface area (Å²) in [4.78, 5) is 23.3. The van der Waals surface area contributed by atoms with E-state index in [1.54, 1.807) is 32.9 Å². The largest absolute Gasteiger partial charge is 0.481 e. The average Bonchev–Trinajstić information content (AvgIpc) is 2.26. The van der Waals surface area contributed by atoms with E-state index in [1.807, 2.05) is 19.1 Å². The Bertz CT molecular complexity index is 488. The highest BCUT2D eigenvalue weighted by Gasteiger charge is 2.37. The van der Waals surface area contributed by atoms with Crippen molar-refractivity contribution in [1.82, 2.24) is 0 Å². The number of carboxylic acids is 1.